The molecule has 0 fully saturated rings. The highest BCUT2D eigenvalue weighted by molar-refractivity contribution is 5.94. The molecule has 4 unspecified atom stereocenters. The average molecular weight is 511 g/mol. The molecule has 9 N–H and O–H groups in total. The summed E-state index contributed by atoms with van der Waals surface area (Å²) < 4.78 is 0. The van der Waals surface area contributed by atoms with E-state index < -0.39 is 60.4 Å². The van der Waals surface area contributed by atoms with Crippen LogP contribution in [0.3, 0.4) is 0 Å². The van der Waals surface area contributed by atoms with Crippen molar-refractivity contribution in [3.63, 3.8) is 0 Å². The van der Waals surface area contributed by atoms with Crippen LogP contribution in [0.25, 0.3) is 0 Å². The average Bonchev–Trinajstić information content (AvgIpc) is 2.80. The number of amides is 3. The zero-order valence-electron chi connectivity index (χ0n) is 20.1. The number of aliphatic hydroxyl groups is 1. The number of benzene rings is 1. The predicted molar refractivity (Wildman–Crippen MR) is 127 cm³/mol. The van der Waals surface area contributed by atoms with E-state index in [2.05, 4.69) is 16.0 Å². The molecule has 0 heterocycles. The van der Waals surface area contributed by atoms with E-state index in [4.69, 9.17) is 10.8 Å². The van der Waals surface area contributed by atoms with Crippen molar-refractivity contribution in [3.05, 3.63) is 29.8 Å². The van der Waals surface area contributed by atoms with Crippen LogP contribution in [-0.2, 0) is 30.4 Å². The highest BCUT2D eigenvalue weighted by Gasteiger charge is 2.30. The third-order valence-electron chi connectivity index (χ3n) is 5.15. The van der Waals surface area contributed by atoms with Gasteiger partial charge in [-0.2, -0.15) is 0 Å². The van der Waals surface area contributed by atoms with Gasteiger partial charge in [0.2, 0.25) is 17.7 Å². The summed E-state index contributed by atoms with van der Waals surface area (Å²) in [6.07, 6.45) is -0.441. The van der Waals surface area contributed by atoms with E-state index in [9.17, 15) is 39.3 Å². The summed E-state index contributed by atoms with van der Waals surface area (Å²) in [5.74, 6) is -5.06. The lowest BCUT2D eigenvalue weighted by molar-refractivity contribution is -0.142. The number of nitrogens with two attached hydrogens (primary N) is 1. The molecule has 0 aliphatic carbocycles. The fraction of sp³-hybridized carbons (Fsp3) is 0.522. The normalized spacial score (nSPS) is 14.2. The number of phenols is 1. The van der Waals surface area contributed by atoms with E-state index in [-0.39, 0.29) is 37.4 Å². The van der Waals surface area contributed by atoms with Gasteiger partial charge in [-0.25, -0.2) is 4.79 Å². The van der Waals surface area contributed by atoms with Gasteiger partial charge >= 0.3 is 11.9 Å². The van der Waals surface area contributed by atoms with Crippen molar-refractivity contribution in [2.45, 2.75) is 63.7 Å². The number of aliphatic carboxylic acids is 2. The Morgan fingerprint density at radius 1 is 0.861 bits per heavy atom. The number of carboxylic acids is 2. The van der Waals surface area contributed by atoms with Crippen LogP contribution in [0.5, 0.6) is 5.75 Å². The topological polar surface area (TPSA) is 228 Å². The zero-order chi connectivity index (χ0) is 27.4. The third kappa shape index (κ3) is 10.7. The number of rotatable bonds is 15. The molecule has 0 bridgehead atoms. The minimum Gasteiger partial charge on any atom is -0.508 e. The Kier molecular flexibility index (Phi) is 12.3. The molecule has 0 aliphatic heterocycles. The summed E-state index contributed by atoms with van der Waals surface area (Å²) in [6, 6.07) is 0.510. The largest absolute Gasteiger partial charge is 0.508 e. The summed E-state index contributed by atoms with van der Waals surface area (Å²) in [5.41, 5.74) is 6.21. The highest BCUT2D eigenvalue weighted by atomic mass is 16.4. The lowest BCUT2D eigenvalue weighted by Gasteiger charge is -2.25. The molecule has 0 spiro atoms. The van der Waals surface area contributed by atoms with Crippen LogP contribution in [0.15, 0.2) is 24.3 Å². The molecule has 4 atom stereocenters. The lowest BCUT2D eigenvalue weighted by Crippen LogP contribution is -2.58. The fourth-order valence-electron chi connectivity index (χ4n) is 3.20. The van der Waals surface area contributed by atoms with Crippen molar-refractivity contribution in [1.82, 2.24) is 16.0 Å². The molecule has 1 rings (SSSR count). The van der Waals surface area contributed by atoms with Gasteiger partial charge in [-0.15, -0.1) is 0 Å². The molecule has 13 nitrogen and oxygen atoms in total. The van der Waals surface area contributed by atoms with Gasteiger partial charge in [0.15, 0.2) is 0 Å². The van der Waals surface area contributed by atoms with Crippen LogP contribution in [0.2, 0.25) is 0 Å². The molecule has 13 heteroatoms. The van der Waals surface area contributed by atoms with Crippen LogP contribution in [-0.4, -0.2) is 80.9 Å². The maximum Gasteiger partial charge on any atom is 0.326 e. The summed E-state index contributed by atoms with van der Waals surface area (Å²) in [5, 5.41) is 44.2. The molecule has 200 valence electrons. The molecule has 0 saturated heterocycles. The molecule has 0 aromatic heterocycles. The van der Waals surface area contributed by atoms with E-state index in [1.165, 1.54) is 24.3 Å². The summed E-state index contributed by atoms with van der Waals surface area (Å²) in [7, 11) is 0. The van der Waals surface area contributed by atoms with Gasteiger partial charge in [0.1, 0.15) is 23.9 Å². The van der Waals surface area contributed by atoms with Crippen molar-refractivity contribution in [2.75, 3.05) is 6.61 Å². The van der Waals surface area contributed by atoms with E-state index in [0.717, 1.165) is 0 Å². The quantitative estimate of drug-likeness (QED) is 0.139. The Morgan fingerprint density at radius 3 is 1.89 bits per heavy atom. The number of aliphatic hydroxyl groups excluding tert-OH is 1. The van der Waals surface area contributed by atoms with Gasteiger partial charge in [0, 0.05) is 12.8 Å². The molecule has 1 aromatic carbocycles. The summed E-state index contributed by atoms with van der Waals surface area (Å²) in [6.45, 7) is 2.73. The van der Waals surface area contributed by atoms with Gasteiger partial charge in [-0.1, -0.05) is 26.0 Å². The molecular weight excluding hydrogens is 476 g/mol. The zero-order valence-corrected chi connectivity index (χ0v) is 20.1. The first-order chi connectivity index (χ1) is 16.8. The van der Waals surface area contributed by atoms with Gasteiger partial charge in [-0.3, -0.25) is 19.2 Å². The monoisotopic (exact) mass is 510 g/mol. The number of phenolic OH excluding ortho intramolecular Hbond substituents is 1. The first kappa shape index (κ1) is 30.3. The minimum absolute atomic E-state index is 0.0106. The molecule has 0 radical (unpaired) electrons. The number of hydrogen-bond acceptors (Lipinski definition) is 8. The number of carbonyl (C=O) groups excluding carboxylic acids is 3. The second-order valence-corrected chi connectivity index (χ2v) is 8.74. The van der Waals surface area contributed by atoms with Crippen molar-refractivity contribution < 1.29 is 44.4 Å². The Bertz CT molecular complexity index is 921. The Balaban J connectivity index is 2.86. The number of carbonyl (C=O) groups is 5. The van der Waals surface area contributed by atoms with Crippen molar-refractivity contribution in [2.24, 2.45) is 11.7 Å². The maximum atomic E-state index is 12.8. The van der Waals surface area contributed by atoms with E-state index in [1.807, 2.05) is 0 Å². The highest BCUT2D eigenvalue weighted by Crippen LogP contribution is 2.12. The number of carboxylic acid groups (broad SMARTS) is 2. The smallest absolute Gasteiger partial charge is 0.326 e. The standard InChI is InChI=1S/C23H34N4O9/c1-12(2)9-16(25-20(32)15(24)7-8-19(30)31)21(33)27-18(11-28)22(34)26-17(23(35)36)10-13-3-5-14(29)6-4-13/h3-6,12,15-18,28-29H,7-11,24H2,1-2H3,(H,25,32)(H,26,34)(H,27,33)(H,30,31)(H,35,36). The maximum absolute atomic E-state index is 12.8. The third-order valence-corrected chi connectivity index (χ3v) is 5.15. The van der Waals surface area contributed by atoms with E-state index >= 15 is 0 Å². The number of hydrogen-bond donors (Lipinski definition) is 8. The van der Waals surface area contributed by atoms with Crippen LogP contribution < -0.4 is 21.7 Å². The molecular formula is C23H34N4O9. The van der Waals surface area contributed by atoms with Crippen LogP contribution in [0.4, 0.5) is 0 Å². The number of aromatic hydroxyl groups is 1. The Labute approximate surface area is 208 Å². The Hall–Kier alpha value is -3.71. The molecule has 1 aromatic rings. The predicted octanol–water partition coefficient (Wildman–Crippen LogP) is -1.30. The second-order valence-electron chi connectivity index (χ2n) is 8.74. The number of nitrogens with one attached hydrogen (secondary N) is 3. The van der Waals surface area contributed by atoms with Crippen LogP contribution in [0, 0.1) is 5.92 Å². The Morgan fingerprint density at radius 2 is 1.39 bits per heavy atom. The van der Waals surface area contributed by atoms with Gasteiger partial charge in [-0.05, 0) is 36.5 Å². The SMILES string of the molecule is CC(C)CC(NC(=O)C(N)CCC(=O)O)C(=O)NC(CO)C(=O)NC(Cc1ccc(O)cc1)C(=O)O. The van der Waals surface area contributed by atoms with Gasteiger partial charge in [0.25, 0.3) is 0 Å². The first-order valence-electron chi connectivity index (χ1n) is 11.3. The van der Waals surface area contributed by atoms with Crippen LogP contribution in [0.1, 0.15) is 38.7 Å². The van der Waals surface area contributed by atoms with Crippen molar-refractivity contribution in [1.29, 1.82) is 0 Å². The molecule has 36 heavy (non-hydrogen) atoms. The first-order valence-corrected chi connectivity index (χ1v) is 11.3. The van der Waals surface area contributed by atoms with Crippen molar-refractivity contribution >= 4 is 29.7 Å². The van der Waals surface area contributed by atoms with Gasteiger partial charge in [0.05, 0.1) is 12.6 Å². The van der Waals surface area contributed by atoms with Crippen LogP contribution >= 0.6 is 0 Å². The fourth-order valence-corrected chi connectivity index (χ4v) is 3.20. The lowest BCUT2D eigenvalue weighted by atomic mass is 10.0. The van der Waals surface area contributed by atoms with E-state index in [1.54, 1.807) is 13.8 Å². The summed E-state index contributed by atoms with van der Waals surface area (Å²) in [4.78, 5) is 60.1. The summed E-state index contributed by atoms with van der Waals surface area (Å²) >= 11 is 0. The molecule has 3 amide bonds. The minimum atomic E-state index is -1.51. The second kappa shape index (κ2) is 14.6. The van der Waals surface area contributed by atoms with Gasteiger partial charge < -0.3 is 42.1 Å². The van der Waals surface area contributed by atoms with Crippen molar-refractivity contribution in [3.8, 4) is 5.75 Å². The molecule has 0 aliphatic rings. The molecule has 0 saturated carbocycles. The van der Waals surface area contributed by atoms with E-state index in [0.29, 0.717) is 5.56 Å².